The number of nitrogens with two attached hydrogens (primary N) is 1. The van der Waals surface area contributed by atoms with Crippen LogP contribution in [0.5, 0.6) is 0 Å². The molecule has 0 radical (unpaired) electrons. The van der Waals surface area contributed by atoms with Crippen molar-refractivity contribution in [2.24, 2.45) is 10.7 Å². The van der Waals surface area contributed by atoms with Crippen LogP contribution in [0.15, 0.2) is 53.5 Å². The van der Waals surface area contributed by atoms with E-state index in [2.05, 4.69) is 15.3 Å². The van der Waals surface area contributed by atoms with Crippen LogP contribution in [0.2, 0.25) is 0 Å². The van der Waals surface area contributed by atoms with Gasteiger partial charge in [0.1, 0.15) is 0 Å². The first-order chi connectivity index (χ1) is 10.6. The minimum absolute atomic E-state index is 0.0321. The van der Waals surface area contributed by atoms with Gasteiger partial charge in [-0.15, -0.1) is 0 Å². The number of aromatic nitrogens is 1. The molecule has 0 saturated heterocycles. The Labute approximate surface area is 131 Å². The molecule has 1 heterocycles. The SMILES string of the molecule is Cc1ccc(C(=O)NC(N)=Nc2nc3ccccc3s2)cc1. The second-order valence-electron chi connectivity index (χ2n) is 4.78. The van der Waals surface area contributed by atoms with Gasteiger partial charge in [-0.2, -0.15) is 4.99 Å². The number of carbonyl (C=O) groups is 1. The number of hydrogen-bond acceptors (Lipinski definition) is 4. The van der Waals surface area contributed by atoms with Crippen LogP contribution in [0, 0.1) is 6.92 Å². The van der Waals surface area contributed by atoms with Crippen molar-refractivity contribution in [2.75, 3.05) is 0 Å². The van der Waals surface area contributed by atoms with Crippen LogP contribution >= 0.6 is 11.3 Å². The lowest BCUT2D eigenvalue weighted by atomic mass is 10.1. The molecule has 0 atom stereocenters. The molecule has 5 nitrogen and oxygen atoms in total. The average Bonchev–Trinajstić information content (AvgIpc) is 2.89. The van der Waals surface area contributed by atoms with Crippen LogP contribution < -0.4 is 11.1 Å². The lowest BCUT2D eigenvalue weighted by Gasteiger charge is -2.03. The van der Waals surface area contributed by atoms with Crippen molar-refractivity contribution in [3.05, 3.63) is 59.7 Å². The van der Waals surface area contributed by atoms with Gasteiger partial charge in [-0.1, -0.05) is 41.2 Å². The second kappa shape index (κ2) is 5.95. The predicted octanol–water partition coefficient (Wildman–Crippen LogP) is 2.98. The Hall–Kier alpha value is -2.73. The maximum absolute atomic E-state index is 12.0. The lowest BCUT2D eigenvalue weighted by Crippen LogP contribution is -2.36. The topological polar surface area (TPSA) is 80.4 Å². The highest BCUT2D eigenvalue weighted by Crippen LogP contribution is 2.27. The summed E-state index contributed by atoms with van der Waals surface area (Å²) in [5, 5.41) is 3.08. The molecule has 0 aliphatic heterocycles. The molecule has 3 N–H and O–H groups in total. The molecular weight excluding hydrogens is 296 g/mol. The Kier molecular flexibility index (Phi) is 3.84. The summed E-state index contributed by atoms with van der Waals surface area (Å²) in [4.78, 5) is 20.5. The van der Waals surface area contributed by atoms with Gasteiger partial charge in [0, 0.05) is 5.56 Å². The summed E-state index contributed by atoms with van der Waals surface area (Å²) in [6, 6.07) is 15.0. The molecule has 1 amide bonds. The zero-order chi connectivity index (χ0) is 15.5. The molecule has 22 heavy (non-hydrogen) atoms. The van der Waals surface area contributed by atoms with Gasteiger partial charge in [0.25, 0.3) is 5.91 Å². The van der Waals surface area contributed by atoms with Gasteiger partial charge in [-0.05, 0) is 31.2 Å². The van der Waals surface area contributed by atoms with Crippen molar-refractivity contribution < 1.29 is 4.79 Å². The molecule has 2 aromatic carbocycles. The minimum atomic E-state index is -0.289. The van der Waals surface area contributed by atoms with E-state index in [4.69, 9.17) is 5.73 Å². The third-order valence-electron chi connectivity index (χ3n) is 3.05. The Balaban J connectivity index is 1.76. The average molecular weight is 310 g/mol. The molecule has 1 aromatic heterocycles. The van der Waals surface area contributed by atoms with Gasteiger partial charge < -0.3 is 5.73 Å². The third kappa shape index (κ3) is 3.12. The van der Waals surface area contributed by atoms with Crippen molar-refractivity contribution in [3.63, 3.8) is 0 Å². The first kappa shape index (κ1) is 14.2. The Morgan fingerprint density at radius 2 is 1.91 bits per heavy atom. The van der Waals surface area contributed by atoms with Crippen LogP contribution in [0.25, 0.3) is 10.2 Å². The van der Waals surface area contributed by atoms with E-state index in [9.17, 15) is 4.79 Å². The lowest BCUT2D eigenvalue weighted by molar-refractivity contribution is 0.0976. The number of benzene rings is 2. The van der Waals surface area contributed by atoms with E-state index in [0.717, 1.165) is 15.8 Å². The van der Waals surface area contributed by atoms with E-state index >= 15 is 0 Å². The summed E-state index contributed by atoms with van der Waals surface area (Å²) in [5.74, 6) is -0.257. The van der Waals surface area contributed by atoms with Crippen molar-refractivity contribution >= 4 is 38.6 Å². The van der Waals surface area contributed by atoms with E-state index in [1.54, 1.807) is 12.1 Å². The van der Waals surface area contributed by atoms with Crippen LogP contribution in [-0.2, 0) is 0 Å². The fourth-order valence-corrected chi connectivity index (χ4v) is 2.78. The van der Waals surface area contributed by atoms with Gasteiger partial charge >= 0.3 is 0 Å². The van der Waals surface area contributed by atoms with E-state index in [1.807, 2.05) is 43.3 Å². The summed E-state index contributed by atoms with van der Waals surface area (Å²) in [6.45, 7) is 1.96. The minimum Gasteiger partial charge on any atom is -0.369 e. The molecular formula is C16H14N4OS. The number of aliphatic imine (C=N–C) groups is 1. The van der Waals surface area contributed by atoms with Gasteiger partial charge in [0.2, 0.25) is 11.1 Å². The molecule has 0 spiro atoms. The van der Waals surface area contributed by atoms with Crippen LogP contribution in [0.4, 0.5) is 5.13 Å². The van der Waals surface area contributed by atoms with Crippen LogP contribution in [-0.4, -0.2) is 16.9 Å². The largest absolute Gasteiger partial charge is 0.369 e. The molecule has 0 saturated carbocycles. The third-order valence-corrected chi connectivity index (χ3v) is 3.98. The Bertz CT molecular complexity index is 819. The number of hydrogen-bond donors (Lipinski definition) is 2. The summed E-state index contributed by atoms with van der Waals surface area (Å²) in [6.07, 6.45) is 0. The molecule has 0 unspecified atom stereocenters. The highest BCUT2D eigenvalue weighted by Gasteiger charge is 2.08. The van der Waals surface area contributed by atoms with Crippen molar-refractivity contribution in [2.45, 2.75) is 6.92 Å². The van der Waals surface area contributed by atoms with Crippen LogP contribution in [0.3, 0.4) is 0 Å². The number of amides is 1. The standard InChI is InChI=1S/C16H14N4OS/c1-10-6-8-11(9-7-10)14(21)19-15(17)20-16-18-12-4-2-3-5-13(12)22-16/h2-9H,1H3,(H3,17,18,19,20,21). The molecule has 0 fully saturated rings. The maximum Gasteiger partial charge on any atom is 0.257 e. The van der Waals surface area contributed by atoms with Crippen molar-refractivity contribution in [3.8, 4) is 0 Å². The molecule has 6 heteroatoms. The van der Waals surface area contributed by atoms with E-state index in [-0.39, 0.29) is 11.9 Å². The summed E-state index contributed by atoms with van der Waals surface area (Å²) < 4.78 is 1.03. The highest BCUT2D eigenvalue weighted by molar-refractivity contribution is 7.22. The van der Waals surface area contributed by atoms with Gasteiger partial charge in [-0.25, -0.2) is 4.98 Å². The fraction of sp³-hybridized carbons (Fsp3) is 0.0625. The molecule has 0 aliphatic rings. The quantitative estimate of drug-likeness (QED) is 0.564. The fourth-order valence-electron chi connectivity index (χ4n) is 1.93. The van der Waals surface area contributed by atoms with Crippen LogP contribution in [0.1, 0.15) is 15.9 Å². The number of nitrogens with one attached hydrogen (secondary N) is 1. The summed E-state index contributed by atoms with van der Waals surface area (Å²) in [5.41, 5.74) is 8.27. The normalized spacial score (nSPS) is 11.6. The monoisotopic (exact) mass is 310 g/mol. The number of aryl methyl sites for hydroxylation is 1. The molecule has 3 rings (SSSR count). The zero-order valence-electron chi connectivity index (χ0n) is 11.9. The van der Waals surface area contributed by atoms with Crippen molar-refractivity contribution in [1.82, 2.24) is 10.3 Å². The van der Waals surface area contributed by atoms with Gasteiger partial charge in [0.15, 0.2) is 0 Å². The second-order valence-corrected chi connectivity index (χ2v) is 5.79. The number of fused-ring (bicyclic) bond motifs is 1. The Morgan fingerprint density at radius 3 is 2.64 bits per heavy atom. The van der Waals surface area contributed by atoms with E-state index in [0.29, 0.717) is 10.7 Å². The number of nitrogens with zero attached hydrogens (tertiary/aromatic N) is 2. The summed E-state index contributed by atoms with van der Waals surface area (Å²) >= 11 is 1.42. The maximum atomic E-state index is 12.0. The van der Waals surface area contributed by atoms with Crippen molar-refractivity contribution in [1.29, 1.82) is 0 Å². The van der Waals surface area contributed by atoms with E-state index < -0.39 is 0 Å². The number of rotatable bonds is 2. The molecule has 0 bridgehead atoms. The van der Waals surface area contributed by atoms with Gasteiger partial charge in [0.05, 0.1) is 10.2 Å². The predicted molar refractivity (Wildman–Crippen MR) is 89.5 cm³/mol. The number of para-hydroxylation sites is 1. The molecule has 110 valence electrons. The molecule has 3 aromatic rings. The summed E-state index contributed by atoms with van der Waals surface area (Å²) in [7, 11) is 0. The first-order valence-corrected chi connectivity index (χ1v) is 7.51. The molecule has 0 aliphatic carbocycles. The first-order valence-electron chi connectivity index (χ1n) is 6.69. The van der Waals surface area contributed by atoms with Gasteiger partial charge in [-0.3, -0.25) is 10.1 Å². The number of guanidine groups is 1. The highest BCUT2D eigenvalue weighted by atomic mass is 32.1. The number of carbonyl (C=O) groups excluding carboxylic acids is 1. The zero-order valence-corrected chi connectivity index (χ0v) is 12.7. The smallest absolute Gasteiger partial charge is 0.257 e. The number of thiazole rings is 1. The van der Waals surface area contributed by atoms with E-state index in [1.165, 1.54) is 11.3 Å². The Morgan fingerprint density at radius 1 is 1.18 bits per heavy atom.